The van der Waals surface area contributed by atoms with Crippen molar-refractivity contribution in [1.29, 1.82) is 0 Å². The Balaban J connectivity index is 1.78. The summed E-state index contributed by atoms with van der Waals surface area (Å²) in [7, 11) is 0. The van der Waals surface area contributed by atoms with E-state index in [0.717, 1.165) is 25.7 Å². The SMILES string of the molecule is Cc1noc(COC(=O)C2CCCCC2)n1. The van der Waals surface area contributed by atoms with Gasteiger partial charge in [-0.1, -0.05) is 24.4 Å². The number of nitrogens with zero attached hydrogens (tertiary/aromatic N) is 2. The highest BCUT2D eigenvalue weighted by atomic mass is 16.6. The van der Waals surface area contributed by atoms with Crippen LogP contribution in [0.4, 0.5) is 0 Å². The molecule has 1 aromatic rings. The zero-order valence-corrected chi connectivity index (χ0v) is 9.44. The Morgan fingerprint density at radius 1 is 1.44 bits per heavy atom. The van der Waals surface area contributed by atoms with E-state index in [4.69, 9.17) is 9.26 Å². The van der Waals surface area contributed by atoms with E-state index in [1.165, 1.54) is 6.42 Å². The topological polar surface area (TPSA) is 65.2 Å². The quantitative estimate of drug-likeness (QED) is 0.735. The average Bonchev–Trinajstić information content (AvgIpc) is 2.73. The first-order valence-corrected chi connectivity index (χ1v) is 5.71. The van der Waals surface area contributed by atoms with Gasteiger partial charge in [-0.25, -0.2) is 0 Å². The monoisotopic (exact) mass is 224 g/mol. The van der Waals surface area contributed by atoms with Gasteiger partial charge in [0.05, 0.1) is 5.92 Å². The van der Waals surface area contributed by atoms with Gasteiger partial charge in [-0.3, -0.25) is 4.79 Å². The molecule has 0 N–H and O–H groups in total. The van der Waals surface area contributed by atoms with Gasteiger partial charge in [0.25, 0.3) is 5.89 Å². The van der Waals surface area contributed by atoms with E-state index in [1.807, 2.05) is 0 Å². The molecule has 1 saturated carbocycles. The molecule has 0 spiro atoms. The zero-order valence-electron chi connectivity index (χ0n) is 9.44. The second-order valence-corrected chi connectivity index (χ2v) is 4.18. The summed E-state index contributed by atoms with van der Waals surface area (Å²) in [4.78, 5) is 15.6. The molecule has 0 atom stereocenters. The van der Waals surface area contributed by atoms with Gasteiger partial charge >= 0.3 is 5.97 Å². The molecule has 0 unspecified atom stereocenters. The number of aromatic nitrogens is 2. The molecule has 16 heavy (non-hydrogen) atoms. The summed E-state index contributed by atoms with van der Waals surface area (Å²) in [6, 6.07) is 0. The minimum absolute atomic E-state index is 0.0674. The third kappa shape index (κ3) is 2.81. The summed E-state index contributed by atoms with van der Waals surface area (Å²) in [5, 5.41) is 3.63. The van der Waals surface area contributed by atoms with Gasteiger partial charge in [-0.05, 0) is 19.8 Å². The third-order valence-electron chi connectivity index (χ3n) is 2.85. The van der Waals surface area contributed by atoms with Gasteiger partial charge in [0.2, 0.25) is 0 Å². The number of ether oxygens (including phenoxy) is 1. The predicted octanol–water partition coefficient (Wildman–Crippen LogP) is 2.00. The van der Waals surface area contributed by atoms with E-state index in [2.05, 4.69) is 10.1 Å². The molecule has 2 rings (SSSR count). The molecule has 0 aliphatic heterocycles. The lowest BCUT2D eigenvalue weighted by atomic mass is 9.89. The number of carbonyl (C=O) groups excluding carboxylic acids is 1. The molecule has 5 heteroatoms. The molecular formula is C11H16N2O3. The first-order chi connectivity index (χ1) is 7.75. The number of esters is 1. The molecule has 0 amide bonds. The van der Waals surface area contributed by atoms with Crippen LogP contribution in [0, 0.1) is 12.8 Å². The number of hydrogen-bond acceptors (Lipinski definition) is 5. The maximum Gasteiger partial charge on any atom is 0.309 e. The van der Waals surface area contributed by atoms with E-state index in [9.17, 15) is 4.79 Å². The highest BCUT2D eigenvalue weighted by Gasteiger charge is 2.22. The summed E-state index contributed by atoms with van der Waals surface area (Å²) in [6.07, 6.45) is 5.37. The molecular weight excluding hydrogens is 208 g/mol. The first kappa shape index (κ1) is 11.1. The maximum absolute atomic E-state index is 11.7. The van der Waals surface area contributed by atoms with Crippen LogP contribution in [0.5, 0.6) is 0 Å². The molecule has 1 aliphatic carbocycles. The normalized spacial score (nSPS) is 17.3. The second-order valence-electron chi connectivity index (χ2n) is 4.18. The third-order valence-corrected chi connectivity index (χ3v) is 2.85. The van der Waals surface area contributed by atoms with E-state index in [-0.39, 0.29) is 18.5 Å². The van der Waals surface area contributed by atoms with Crippen LogP contribution in [0.2, 0.25) is 0 Å². The van der Waals surface area contributed by atoms with Crippen molar-refractivity contribution in [2.45, 2.75) is 45.6 Å². The fraction of sp³-hybridized carbons (Fsp3) is 0.727. The van der Waals surface area contributed by atoms with Gasteiger partial charge < -0.3 is 9.26 Å². The van der Waals surface area contributed by atoms with Crippen LogP contribution in [0.3, 0.4) is 0 Å². The van der Waals surface area contributed by atoms with Crippen molar-refractivity contribution in [3.63, 3.8) is 0 Å². The largest absolute Gasteiger partial charge is 0.455 e. The Morgan fingerprint density at radius 2 is 2.19 bits per heavy atom. The van der Waals surface area contributed by atoms with Crippen LogP contribution in [0.15, 0.2) is 4.52 Å². The van der Waals surface area contributed by atoms with Gasteiger partial charge in [-0.15, -0.1) is 0 Å². The summed E-state index contributed by atoms with van der Waals surface area (Å²) in [6.45, 7) is 1.83. The lowest BCUT2D eigenvalue weighted by Crippen LogP contribution is -2.20. The zero-order chi connectivity index (χ0) is 11.4. The molecule has 1 fully saturated rings. The Hall–Kier alpha value is -1.39. The summed E-state index contributed by atoms with van der Waals surface area (Å²) >= 11 is 0. The molecule has 88 valence electrons. The van der Waals surface area contributed by atoms with Crippen molar-refractivity contribution in [2.75, 3.05) is 0 Å². The van der Waals surface area contributed by atoms with Crippen LogP contribution in [0.1, 0.15) is 43.8 Å². The summed E-state index contributed by atoms with van der Waals surface area (Å²) < 4.78 is 10.0. The molecule has 0 aromatic carbocycles. The van der Waals surface area contributed by atoms with Gasteiger partial charge in [-0.2, -0.15) is 4.98 Å². The highest BCUT2D eigenvalue weighted by Crippen LogP contribution is 2.24. The molecule has 1 aliphatic rings. The van der Waals surface area contributed by atoms with Crippen molar-refractivity contribution < 1.29 is 14.1 Å². The Labute approximate surface area is 94.2 Å². The van der Waals surface area contributed by atoms with Crippen LogP contribution >= 0.6 is 0 Å². The highest BCUT2D eigenvalue weighted by molar-refractivity contribution is 5.72. The molecule has 0 saturated heterocycles. The minimum atomic E-state index is -0.129. The average molecular weight is 224 g/mol. The Kier molecular flexibility index (Phi) is 3.54. The minimum Gasteiger partial charge on any atom is -0.455 e. The molecule has 1 aromatic heterocycles. The van der Waals surface area contributed by atoms with Crippen LogP contribution in [-0.4, -0.2) is 16.1 Å². The molecule has 0 radical (unpaired) electrons. The standard InChI is InChI=1S/C11H16N2O3/c1-8-12-10(16-13-8)7-15-11(14)9-5-3-2-4-6-9/h9H,2-7H2,1H3. The smallest absolute Gasteiger partial charge is 0.309 e. The Bertz CT molecular complexity index is 356. The van der Waals surface area contributed by atoms with Crippen LogP contribution in [0.25, 0.3) is 0 Å². The maximum atomic E-state index is 11.7. The Morgan fingerprint density at radius 3 is 2.81 bits per heavy atom. The number of aryl methyl sites for hydroxylation is 1. The van der Waals surface area contributed by atoms with Crippen molar-refractivity contribution in [3.8, 4) is 0 Å². The predicted molar refractivity (Wildman–Crippen MR) is 55.4 cm³/mol. The van der Waals surface area contributed by atoms with E-state index in [1.54, 1.807) is 6.92 Å². The number of rotatable bonds is 3. The summed E-state index contributed by atoms with van der Waals surface area (Å²) in [5.74, 6) is 0.860. The summed E-state index contributed by atoms with van der Waals surface area (Å²) in [5.41, 5.74) is 0. The lowest BCUT2D eigenvalue weighted by molar-refractivity contribution is -0.151. The lowest BCUT2D eigenvalue weighted by Gasteiger charge is -2.19. The number of carbonyl (C=O) groups is 1. The van der Waals surface area contributed by atoms with E-state index >= 15 is 0 Å². The fourth-order valence-corrected chi connectivity index (χ4v) is 1.99. The van der Waals surface area contributed by atoms with Crippen LogP contribution < -0.4 is 0 Å². The van der Waals surface area contributed by atoms with Crippen molar-refractivity contribution in [2.24, 2.45) is 5.92 Å². The van der Waals surface area contributed by atoms with Crippen molar-refractivity contribution in [3.05, 3.63) is 11.7 Å². The van der Waals surface area contributed by atoms with Gasteiger partial charge in [0.15, 0.2) is 12.4 Å². The fourth-order valence-electron chi connectivity index (χ4n) is 1.99. The van der Waals surface area contributed by atoms with E-state index in [0.29, 0.717) is 11.7 Å². The molecule has 0 bridgehead atoms. The van der Waals surface area contributed by atoms with Gasteiger partial charge in [0.1, 0.15) is 0 Å². The second kappa shape index (κ2) is 5.09. The van der Waals surface area contributed by atoms with Crippen molar-refractivity contribution in [1.82, 2.24) is 10.1 Å². The molecule has 5 nitrogen and oxygen atoms in total. The van der Waals surface area contributed by atoms with Crippen LogP contribution in [-0.2, 0) is 16.1 Å². The van der Waals surface area contributed by atoms with Gasteiger partial charge in [0, 0.05) is 0 Å². The molecule has 1 heterocycles. The van der Waals surface area contributed by atoms with Crippen molar-refractivity contribution >= 4 is 5.97 Å². The number of hydrogen-bond donors (Lipinski definition) is 0. The first-order valence-electron chi connectivity index (χ1n) is 5.71. The van der Waals surface area contributed by atoms with E-state index < -0.39 is 0 Å².